The first kappa shape index (κ1) is 21.4. The minimum atomic E-state index is -0.237. The molecule has 8 heteroatoms. The second-order valence-corrected chi connectivity index (χ2v) is 8.24. The van der Waals surface area contributed by atoms with E-state index in [4.69, 9.17) is 9.72 Å². The summed E-state index contributed by atoms with van der Waals surface area (Å²) in [6.45, 7) is 4.30. The van der Waals surface area contributed by atoms with Crippen LogP contribution in [0.15, 0.2) is 73.3 Å². The van der Waals surface area contributed by atoms with E-state index in [1.54, 1.807) is 34.0 Å². The van der Waals surface area contributed by atoms with Gasteiger partial charge in [0.2, 0.25) is 0 Å². The van der Waals surface area contributed by atoms with Crippen LogP contribution in [0.4, 0.5) is 5.69 Å². The summed E-state index contributed by atoms with van der Waals surface area (Å²) >= 11 is 0. The molecule has 3 aromatic heterocycles. The number of pyridine rings is 1. The normalized spacial score (nSPS) is 11.0. The van der Waals surface area contributed by atoms with E-state index in [1.165, 1.54) is 5.56 Å². The first-order chi connectivity index (χ1) is 16.5. The Kier molecular flexibility index (Phi) is 5.55. The Hall–Kier alpha value is -4.46. The molecule has 1 N–H and O–H groups in total. The Bertz CT molecular complexity index is 1500. The third-order valence-corrected chi connectivity index (χ3v) is 5.54. The number of carbonyl (C=O) groups is 1. The summed E-state index contributed by atoms with van der Waals surface area (Å²) in [5, 5.41) is 12.3. The minimum absolute atomic E-state index is 0.237. The number of aromatic nitrogens is 5. The molecule has 0 saturated heterocycles. The summed E-state index contributed by atoms with van der Waals surface area (Å²) in [4.78, 5) is 18.0. The molecule has 170 valence electrons. The highest BCUT2D eigenvalue weighted by atomic mass is 16.5. The average Bonchev–Trinajstić information content (AvgIpc) is 3.46. The molecule has 3 heterocycles. The van der Waals surface area contributed by atoms with E-state index in [9.17, 15) is 4.79 Å². The molecule has 34 heavy (non-hydrogen) atoms. The Morgan fingerprint density at radius 3 is 2.68 bits per heavy atom. The third-order valence-electron chi connectivity index (χ3n) is 5.54. The molecule has 2 aromatic carbocycles. The second kappa shape index (κ2) is 8.82. The molecule has 0 aliphatic carbocycles. The molecule has 0 aliphatic heterocycles. The number of anilines is 1. The summed E-state index contributed by atoms with van der Waals surface area (Å²) in [5.41, 5.74) is 5.64. The summed E-state index contributed by atoms with van der Waals surface area (Å²) in [6.07, 6.45) is 6.96. The van der Waals surface area contributed by atoms with Crippen LogP contribution in [0.25, 0.3) is 22.2 Å². The molecule has 0 spiro atoms. The van der Waals surface area contributed by atoms with Gasteiger partial charge in [-0.25, -0.2) is 9.67 Å². The van der Waals surface area contributed by atoms with Crippen LogP contribution in [0, 0.1) is 13.8 Å². The predicted molar refractivity (Wildman–Crippen MR) is 131 cm³/mol. The van der Waals surface area contributed by atoms with Gasteiger partial charge in [-0.2, -0.15) is 10.2 Å². The van der Waals surface area contributed by atoms with Crippen LogP contribution in [0.3, 0.4) is 0 Å². The molecular formula is C26H24N6O2. The Labute approximate surface area is 196 Å². The van der Waals surface area contributed by atoms with Crippen molar-refractivity contribution in [2.75, 3.05) is 5.32 Å². The van der Waals surface area contributed by atoms with Crippen LogP contribution in [-0.4, -0.2) is 30.5 Å². The highest BCUT2D eigenvalue weighted by Gasteiger charge is 2.15. The van der Waals surface area contributed by atoms with E-state index in [-0.39, 0.29) is 12.6 Å². The van der Waals surface area contributed by atoms with Gasteiger partial charge in [-0.1, -0.05) is 35.9 Å². The van der Waals surface area contributed by atoms with Crippen LogP contribution >= 0.6 is 0 Å². The van der Waals surface area contributed by atoms with Gasteiger partial charge in [-0.3, -0.25) is 9.48 Å². The molecule has 0 saturated carbocycles. The van der Waals surface area contributed by atoms with Gasteiger partial charge >= 0.3 is 0 Å². The fourth-order valence-corrected chi connectivity index (χ4v) is 3.86. The maximum atomic E-state index is 13.3. The smallest absolute Gasteiger partial charge is 0.256 e. The zero-order valence-electron chi connectivity index (χ0n) is 19.2. The minimum Gasteiger partial charge on any atom is -0.471 e. The number of hydrogen-bond donors (Lipinski definition) is 1. The Morgan fingerprint density at radius 2 is 1.88 bits per heavy atom. The largest absolute Gasteiger partial charge is 0.471 e. The Balaban J connectivity index is 1.36. The van der Waals surface area contributed by atoms with E-state index in [0.717, 1.165) is 27.8 Å². The first-order valence-corrected chi connectivity index (χ1v) is 10.9. The molecule has 0 aliphatic rings. The summed E-state index contributed by atoms with van der Waals surface area (Å²) in [7, 11) is 1.85. The molecule has 5 rings (SSSR count). The van der Waals surface area contributed by atoms with Gasteiger partial charge in [0.05, 0.1) is 41.1 Å². The van der Waals surface area contributed by atoms with Crippen LogP contribution in [0.2, 0.25) is 0 Å². The zero-order chi connectivity index (χ0) is 23.7. The molecule has 0 radical (unpaired) electrons. The number of amides is 1. The number of fused-ring (bicyclic) bond motifs is 1. The lowest BCUT2D eigenvalue weighted by Crippen LogP contribution is -2.13. The maximum Gasteiger partial charge on any atom is 0.256 e. The van der Waals surface area contributed by atoms with E-state index >= 15 is 0 Å². The molecular weight excluding hydrogens is 428 g/mol. The van der Waals surface area contributed by atoms with Gasteiger partial charge in [-0.15, -0.1) is 0 Å². The van der Waals surface area contributed by atoms with Crippen LogP contribution in [-0.2, 0) is 13.8 Å². The number of nitrogens with one attached hydrogen (secondary N) is 1. The number of para-hydroxylation sites is 1. The van der Waals surface area contributed by atoms with Crippen molar-refractivity contribution in [2.24, 2.45) is 7.05 Å². The zero-order valence-corrected chi connectivity index (χ0v) is 19.2. The highest BCUT2D eigenvalue weighted by molar-refractivity contribution is 6.13. The monoisotopic (exact) mass is 452 g/mol. The lowest BCUT2D eigenvalue weighted by molar-refractivity contribution is 0.102. The molecule has 0 fully saturated rings. The number of hydrogen-bond acceptors (Lipinski definition) is 5. The highest BCUT2D eigenvalue weighted by Crippen LogP contribution is 2.25. The molecule has 0 unspecified atom stereocenters. The summed E-state index contributed by atoms with van der Waals surface area (Å²) in [5.74, 6) is 0.566. The molecule has 5 aromatic rings. The topological polar surface area (TPSA) is 86.9 Å². The van der Waals surface area contributed by atoms with Crippen LogP contribution in [0.1, 0.15) is 21.5 Å². The van der Waals surface area contributed by atoms with E-state index < -0.39 is 0 Å². The van der Waals surface area contributed by atoms with Gasteiger partial charge in [0.15, 0.2) is 6.73 Å². The van der Waals surface area contributed by atoms with Crippen LogP contribution < -0.4 is 10.1 Å². The molecule has 0 atom stereocenters. The van der Waals surface area contributed by atoms with E-state index in [1.807, 2.05) is 63.5 Å². The standard InChI is InChI=1S/C26H24N6O2/c1-17-8-9-25(18(2)10-17)34-16-32-15-20(13-28-32)29-26(33)22-11-24(19-12-27-31(3)14-19)30-23-7-5-4-6-21(22)23/h4-15H,16H2,1-3H3,(H,29,33). The van der Waals surface area contributed by atoms with Crippen molar-refractivity contribution < 1.29 is 9.53 Å². The number of nitrogens with zero attached hydrogens (tertiary/aromatic N) is 5. The molecule has 8 nitrogen and oxygen atoms in total. The number of benzene rings is 2. The fourth-order valence-electron chi connectivity index (χ4n) is 3.86. The third kappa shape index (κ3) is 4.38. The number of rotatable bonds is 6. The molecule has 0 bridgehead atoms. The van der Waals surface area contributed by atoms with Crippen molar-refractivity contribution in [3.63, 3.8) is 0 Å². The number of ether oxygens (including phenoxy) is 1. The van der Waals surface area contributed by atoms with Crippen molar-refractivity contribution in [2.45, 2.75) is 20.6 Å². The van der Waals surface area contributed by atoms with Crippen molar-refractivity contribution in [1.29, 1.82) is 0 Å². The second-order valence-electron chi connectivity index (χ2n) is 8.24. The SMILES string of the molecule is Cc1ccc(OCn2cc(NC(=O)c3cc(-c4cnn(C)c4)nc4ccccc34)cn2)c(C)c1. The van der Waals surface area contributed by atoms with Crippen molar-refractivity contribution >= 4 is 22.5 Å². The van der Waals surface area contributed by atoms with Gasteiger partial charge in [0, 0.05) is 24.2 Å². The van der Waals surface area contributed by atoms with Gasteiger partial charge in [-0.05, 0) is 37.6 Å². The van der Waals surface area contributed by atoms with Crippen molar-refractivity contribution in [1.82, 2.24) is 24.5 Å². The van der Waals surface area contributed by atoms with Crippen LogP contribution in [0.5, 0.6) is 5.75 Å². The van der Waals surface area contributed by atoms with Gasteiger partial charge < -0.3 is 10.1 Å². The average molecular weight is 453 g/mol. The maximum absolute atomic E-state index is 13.3. The fraction of sp³-hybridized carbons (Fsp3) is 0.154. The lowest BCUT2D eigenvalue weighted by atomic mass is 10.0. The van der Waals surface area contributed by atoms with Crippen molar-refractivity contribution in [3.05, 3.63) is 90.0 Å². The summed E-state index contributed by atoms with van der Waals surface area (Å²) in [6, 6.07) is 15.4. The van der Waals surface area contributed by atoms with E-state index in [2.05, 4.69) is 21.6 Å². The number of carbonyl (C=O) groups excluding carboxylic acids is 1. The number of aryl methyl sites for hydroxylation is 3. The van der Waals surface area contributed by atoms with Crippen molar-refractivity contribution in [3.8, 4) is 17.0 Å². The lowest BCUT2D eigenvalue weighted by Gasteiger charge is -2.10. The van der Waals surface area contributed by atoms with Gasteiger partial charge in [0.25, 0.3) is 5.91 Å². The summed E-state index contributed by atoms with van der Waals surface area (Å²) < 4.78 is 9.23. The molecule has 1 amide bonds. The predicted octanol–water partition coefficient (Wildman–Crippen LogP) is 4.74. The first-order valence-electron chi connectivity index (χ1n) is 10.9. The quantitative estimate of drug-likeness (QED) is 0.402. The van der Waals surface area contributed by atoms with Gasteiger partial charge in [0.1, 0.15) is 5.75 Å². The van der Waals surface area contributed by atoms with E-state index in [0.29, 0.717) is 16.9 Å². The Morgan fingerprint density at radius 1 is 1.03 bits per heavy atom.